The van der Waals surface area contributed by atoms with Crippen LogP contribution in [0.1, 0.15) is 36.9 Å². The highest BCUT2D eigenvalue weighted by atomic mass is 32.2. The Morgan fingerprint density at radius 1 is 1.18 bits per heavy atom. The molecule has 28 heavy (non-hydrogen) atoms. The molecule has 152 valence electrons. The molecule has 0 radical (unpaired) electrons. The first-order valence-electron chi connectivity index (χ1n) is 9.18. The van der Waals surface area contributed by atoms with E-state index >= 15 is 0 Å². The molecule has 2 rings (SSSR count). The van der Waals surface area contributed by atoms with Crippen molar-refractivity contribution in [3.63, 3.8) is 0 Å². The Labute approximate surface area is 167 Å². The summed E-state index contributed by atoms with van der Waals surface area (Å²) < 4.78 is 30.8. The lowest BCUT2D eigenvalue weighted by atomic mass is 10.1. The average molecular weight is 405 g/mol. The lowest BCUT2D eigenvalue weighted by Gasteiger charge is -2.23. The largest absolute Gasteiger partial charge is 0.497 e. The number of rotatable bonds is 9. The van der Waals surface area contributed by atoms with Crippen molar-refractivity contribution in [1.29, 1.82) is 0 Å². The second kappa shape index (κ2) is 9.59. The summed E-state index contributed by atoms with van der Waals surface area (Å²) in [4.78, 5) is 12.3. The highest BCUT2D eigenvalue weighted by Crippen LogP contribution is 2.20. The molecule has 0 spiro atoms. The average Bonchev–Trinajstić information content (AvgIpc) is 2.64. The molecule has 0 unspecified atom stereocenters. The summed E-state index contributed by atoms with van der Waals surface area (Å²) in [6.07, 6.45) is 1.86. The normalized spacial score (nSPS) is 12.3. The predicted octanol–water partition coefficient (Wildman–Crippen LogP) is 3.43. The standard InChI is InChI=1S/C21H28N2O4S/c1-16-7-5-8-19(15-16)23(28(4,25)26)14-6-9-21(24)22-17(2)18-10-12-20(27-3)13-11-18/h5,7-8,10-13,15,17H,6,9,14H2,1-4H3,(H,22,24)/t17-/m1/s1. The van der Waals surface area contributed by atoms with Crippen LogP contribution in [0.15, 0.2) is 48.5 Å². The van der Waals surface area contributed by atoms with Gasteiger partial charge in [-0.3, -0.25) is 9.10 Å². The van der Waals surface area contributed by atoms with Gasteiger partial charge in [0.05, 0.1) is 25.1 Å². The predicted molar refractivity (Wildman–Crippen MR) is 112 cm³/mol. The molecule has 0 aliphatic rings. The maximum Gasteiger partial charge on any atom is 0.232 e. The molecule has 0 fully saturated rings. The van der Waals surface area contributed by atoms with E-state index < -0.39 is 10.0 Å². The monoisotopic (exact) mass is 404 g/mol. The van der Waals surface area contributed by atoms with Crippen LogP contribution in [0.2, 0.25) is 0 Å². The summed E-state index contributed by atoms with van der Waals surface area (Å²) in [5.74, 6) is 0.653. The van der Waals surface area contributed by atoms with Crippen molar-refractivity contribution in [1.82, 2.24) is 5.32 Å². The zero-order valence-corrected chi connectivity index (χ0v) is 17.6. The summed E-state index contributed by atoms with van der Waals surface area (Å²) in [6, 6.07) is 14.7. The molecule has 1 amide bonds. The minimum atomic E-state index is -3.42. The minimum Gasteiger partial charge on any atom is -0.497 e. The van der Waals surface area contributed by atoms with E-state index in [1.165, 1.54) is 10.6 Å². The first kappa shape index (κ1) is 21.8. The van der Waals surface area contributed by atoms with E-state index in [1.807, 2.05) is 56.3 Å². The van der Waals surface area contributed by atoms with E-state index in [9.17, 15) is 13.2 Å². The number of nitrogens with one attached hydrogen (secondary N) is 1. The molecule has 0 aliphatic carbocycles. The third kappa shape index (κ3) is 6.27. The van der Waals surface area contributed by atoms with Gasteiger partial charge in [0.15, 0.2) is 0 Å². The van der Waals surface area contributed by atoms with Gasteiger partial charge in [-0.2, -0.15) is 0 Å². The summed E-state index contributed by atoms with van der Waals surface area (Å²) in [5, 5.41) is 2.95. The Morgan fingerprint density at radius 3 is 2.43 bits per heavy atom. The minimum absolute atomic E-state index is 0.110. The van der Waals surface area contributed by atoms with Gasteiger partial charge >= 0.3 is 0 Å². The van der Waals surface area contributed by atoms with E-state index in [-0.39, 0.29) is 24.9 Å². The second-order valence-corrected chi connectivity index (χ2v) is 8.75. The molecule has 0 saturated heterocycles. The van der Waals surface area contributed by atoms with Gasteiger partial charge in [-0.05, 0) is 55.7 Å². The molecule has 0 aliphatic heterocycles. The quantitative estimate of drug-likeness (QED) is 0.695. The van der Waals surface area contributed by atoms with E-state index in [2.05, 4.69) is 5.32 Å². The number of amides is 1. The lowest BCUT2D eigenvalue weighted by Crippen LogP contribution is -2.32. The van der Waals surface area contributed by atoms with Crippen LogP contribution in [0.5, 0.6) is 5.75 Å². The van der Waals surface area contributed by atoms with Gasteiger partial charge in [-0.25, -0.2) is 8.42 Å². The Bertz CT molecular complexity index is 895. The molecular weight excluding hydrogens is 376 g/mol. The number of anilines is 1. The molecule has 0 aromatic heterocycles. The molecule has 6 nitrogen and oxygen atoms in total. The van der Waals surface area contributed by atoms with Crippen molar-refractivity contribution in [2.75, 3.05) is 24.2 Å². The van der Waals surface area contributed by atoms with E-state index in [0.717, 1.165) is 16.9 Å². The summed E-state index contributed by atoms with van der Waals surface area (Å²) in [7, 11) is -1.81. The molecule has 0 heterocycles. The smallest absolute Gasteiger partial charge is 0.232 e. The van der Waals surface area contributed by atoms with Gasteiger partial charge in [-0.15, -0.1) is 0 Å². The van der Waals surface area contributed by atoms with Crippen molar-refractivity contribution in [2.45, 2.75) is 32.7 Å². The molecule has 0 saturated carbocycles. The first-order valence-corrected chi connectivity index (χ1v) is 11.0. The van der Waals surface area contributed by atoms with Crippen LogP contribution in [0.3, 0.4) is 0 Å². The Morgan fingerprint density at radius 2 is 1.86 bits per heavy atom. The maximum atomic E-state index is 12.3. The molecule has 0 bridgehead atoms. The van der Waals surface area contributed by atoms with Crippen molar-refractivity contribution < 1.29 is 17.9 Å². The fourth-order valence-corrected chi connectivity index (χ4v) is 3.90. The van der Waals surface area contributed by atoms with Crippen LogP contribution in [0, 0.1) is 6.92 Å². The number of ether oxygens (including phenoxy) is 1. The number of hydrogen-bond acceptors (Lipinski definition) is 4. The number of nitrogens with zero attached hydrogens (tertiary/aromatic N) is 1. The molecular formula is C21H28N2O4S. The van der Waals surface area contributed by atoms with Crippen molar-refractivity contribution in [2.24, 2.45) is 0 Å². The molecule has 1 atom stereocenters. The SMILES string of the molecule is COc1ccc([C@@H](C)NC(=O)CCCN(c2cccc(C)c2)S(C)(=O)=O)cc1. The van der Waals surface area contributed by atoms with Crippen LogP contribution in [-0.4, -0.2) is 34.2 Å². The van der Waals surface area contributed by atoms with Gasteiger partial charge in [-0.1, -0.05) is 24.3 Å². The van der Waals surface area contributed by atoms with Crippen LogP contribution in [-0.2, 0) is 14.8 Å². The lowest BCUT2D eigenvalue weighted by molar-refractivity contribution is -0.121. The number of carbonyl (C=O) groups excluding carboxylic acids is 1. The number of hydrogen-bond donors (Lipinski definition) is 1. The van der Waals surface area contributed by atoms with Crippen LogP contribution in [0.25, 0.3) is 0 Å². The highest BCUT2D eigenvalue weighted by molar-refractivity contribution is 7.92. The van der Waals surface area contributed by atoms with Gasteiger partial charge in [0.25, 0.3) is 0 Å². The van der Waals surface area contributed by atoms with E-state index in [1.54, 1.807) is 13.2 Å². The van der Waals surface area contributed by atoms with Crippen LogP contribution >= 0.6 is 0 Å². The maximum absolute atomic E-state index is 12.3. The number of benzene rings is 2. The fourth-order valence-electron chi connectivity index (χ4n) is 2.94. The van der Waals surface area contributed by atoms with Crippen molar-refractivity contribution in [3.8, 4) is 5.75 Å². The number of sulfonamides is 1. The van der Waals surface area contributed by atoms with E-state index in [0.29, 0.717) is 12.1 Å². The number of carbonyl (C=O) groups is 1. The second-order valence-electron chi connectivity index (χ2n) is 6.84. The van der Waals surface area contributed by atoms with Gasteiger partial charge in [0, 0.05) is 13.0 Å². The third-order valence-electron chi connectivity index (χ3n) is 4.45. The molecule has 2 aromatic carbocycles. The Balaban J connectivity index is 1.91. The van der Waals surface area contributed by atoms with Crippen molar-refractivity contribution in [3.05, 3.63) is 59.7 Å². The van der Waals surface area contributed by atoms with Crippen LogP contribution in [0.4, 0.5) is 5.69 Å². The van der Waals surface area contributed by atoms with Gasteiger partial charge < -0.3 is 10.1 Å². The van der Waals surface area contributed by atoms with Gasteiger partial charge in [0.2, 0.25) is 15.9 Å². The molecule has 2 aromatic rings. The number of aryl methyl sites for hydroxylation is 1. The van der Waals surface area contributed by atoms with Gasteiger partial charge in [0.1, 0.15) is 5.75 Å². The van der Waals surface area contributed by atoms with Crippen LogP contribution < -0.4 is 14.4 Å². The zero-order valence-electron chi connectivity index (χ0n) is 16.8. The summed E-state index contributed by atoms with van der Waals surface area (Å²) in [6.45, 7) is 4.08. The molecule has 1 N–H and O–H groups in total. The summed E-state index contributed by atoms with van der Waals surface area (Å²) >= 11 is 0. The summed E-state index contributed by atoms with van der Waals surface area (Å²) in [5.41, 5.74) is 2.58. The topological polar surface area (TPSA) is 75.7 Å². The Hall–Kier alpha value is -2.54. The zero-order chi connectivity index (χ0) is 20.7. The highest BCUT2D eigenvalue weighted by Gasteiger charge is 2.18. The first-order chi connectivity index (χ1) is 13.2. The van der Waals surface area contributed by atoms with Crippen molar-refractivity contribution >= 4 is 21.6 Å². The van der Waals surface area contributed by atoms with E-state index in [4.69, 9.17) is 4.74 Å². The number of methoxy groups -OCH3 is 1. The fraction of sp³-hybridized carbons (Fsp3) is 0.381. The Kier molecular flexibility index (Phi) is 7.45. The molecule has 7 heteroatoms. The third-order valence-corrected chi connectivity index (χ3v) is 5.64.